The summed E-state index contributed by atoms with van der Waals surface area (Å²) < 4.78 is 5.88. The summed E-state index contributed by atoms with van der Waals surface area (Å²) in [6.07, 6.45) is 63.7. The van der Waals surface area contributed by atoms with Crippen LogP contribution in [0, 0.1) is 0 Å². The van der Waals surface area contributed by atoms with Crippen LogP contribution in [-0.2, 0) is 14.3 Å². The Balaban J connectivity index is 4.66. The van der Waals surface area contributed by atoms with Crippen LogP contribution < -0.4 is 5.32 Å². The fourth-order valence-electron chi connectivity index (χ4n) is 7.40. The zero-order valence-electron chi connectivity index (χ0n) is 40.5. The van der Waals surface area contributed by atoms with E-state index in [4.69, 9.17) is 4.74 Å². The Bertz CT molecular complexity index is 1200. The maximum absolute atomic E-state index is 13.2. The molecule has 3 atom stereocenters. The van der Waals surface area contributed by atoms with Crippen molar-refractivity contribution in [2.24, 2.45) is 0 Å². The van der Waals surface area contributed by atoms with Crippen LogP contribution in [0.4, 0.5) is 0 Å². The number of amides is 1. The number of esters is 1. The minimum atomic E-state index is -0.807. The maximum Gasteiger partial charge on any atom is 0.306 e. The van der Waals surface area contributed by atoms with Crippen LogP contribution in [0.2, 0.25) is 0 Å². The fourth-order valence-corrected chi connectivity index (χ4v) is 7.40. The summed E-state index contributed by atoms with van der Waals surface area (Å²) in [7, 11) is 0. The minimum Gasteiger partial charge on any atom is -0.462 e. The molecule has 0 aromatic heterocycles. The van der Waals surface area contributed by atoms with Crippen LogP contribution in [0.25, 0.3) is 0 Å². The third-order valence-corrected chi connectivity index (χ3v) is 11.2. The van der Waals surface area contributed by atoms with Gasteiger partial charge in [0.15, 0.2) is 0 Å². The van der Waals surface area contributed by atoms with Gasteiger partial charge >= 0.3 is 5.97 Å². The molecular formula is C56H97NO5. The van der Waals surface area contributed by atoms with E-state index in [1.54, 1.807) is 0 Å². The van der Waals surface area contributed by atoms with Crippen molar-refractivity contribution in [1.82, 2.24) is 5.32 Å². The highest BCUT2D eigenvalue weighted by Gasteiger charge is 2.24. The van der Waals surface area contributed by atoms with Gasteiger partial charge in [0, 0.05) is 6.42 Å². The lowest BCUT2D eigenvalue weighted by Crippen LogP contribution is -2.46. The molecule has 6 nitrogen and oxygen atoms in total. The van der Waals surface area contributed by atoms with Crippen molar-refractivity contribution in [3.8, 4) is 0 Å². The lowest BCUT2D eigenvalue weighted by Gasteiger charge is -2.24. The second-order valence-electron chi connectivity index (χ2n) is 17.2. The number of ether oxygens (including phenoxy) is 1. The predicted molar refractivity (Wildman–Crippen MR) is 268 cm³/mol. The fraction of sp³-hybridized carbons (Fsp3) is 0.714. The molecule has 0 radical (unpaired) electrons. The van der Waals surface area contributed by atoms with Gasteiger partial charge in [-0.1, -0.05) is 221 Å². The van der Waals surface area contributed by atoms with Gasteiger partial charge in [-0.25, -0.2) is 0 Å². The highest BCUT2D eigenvalue weighted by molar-refractivity contribution is 5.77. The van der Waals surface area contributed by atoms with Gasteiger partial charge < -0.3 is 20.3 Å². The lowest BCUT2D eigenvalue weighted by atomic mass is 10.0. The molecule has 0 spiro atoms. The van der Waals surface area contributed by atoms with E-state index < -0.39 is 18.2 Å². The normalized spacial score (nSPS) is 14.0. The quantitative estimate of drug-likeness (QED) is 0.0322. The maximum atomic E-state index is 13.2. The number of hydrogen-bond donors (Lipinski definition) is 3. The standard InChI is InChI=1S/C56H97NO5/c1-4-7-10-13-16-19-22-25-27-29-31-34-37-40-43-46-49-56(61)62-52(47-44-41-38-35-32-24-21-18-15-12-9-6-3)50-55(60)57-53(51-58)54(59)48-45-42-39-36-33-30-28-26-23-20-17-14-11-8-5-2/h7,9-10,12,16,18-19,21,25,27,31,34,40,43,52-54,58-59H,4-6,8,11,13-15,17,20,22-24,26,28-30,32-33,35-39,41-42,44-51H2,1-3H3,(H,57,60)/b10-7+,12-9+,19-16+,21-18+,27-25+,34-31+,43-40+. The molecule has 62 heavy (non-hydrogen) atoms. The molecule has 356 valence electrons. The smallest absolute Gasteiger partial charge is 0.306 e. The number of hydrogen-bond acceptors (Lipinski definition) is 5. The molecule has 0 saturated carbocycles. The molecule has 0 heterocycles. The van der Waals surface area contributed by atoms with E-state index in [1.165, 1.54) is 77.0 Å². The van der Waals surface area contributed by atoms with Crippen LogP contribution in [0.5, 0.6) is 0 Å². The third-order valence-electron chi connectivity index (χ3n) is 11.2. The number of rotatable bonds is 45. The van der Waals surface area contributed by atoms with Gasteiger partial charge in [0.25, 0.3) is 0 Å². The first-order valence-electron chi connectivity index (χ1n) is 25.8. The summed E-state index contributed by atoms with van der Waals surface area (Å²) in [5, 5.41) is 23.8. The summed E-state index contributed by atoms with van der Waals surface area (Å²) in [4.78, 5) is 26.1. The molecule has 0 bridgehead atoms. The van der Waals surface area contributed by atoms with E-state index >= 15 is 0 Å². The second kappa shape index (κ2) is 49.1. The number of carbonyl (C=O) groups excluding carboxylic acids is 2. The third kappa shape index (κ3) is 43.7. The zero-order valence-corrected chi connectivity index (χ0v) is 40.5. The van der Waals surface area contributed by atoms with Crippen molar-refractivity contribution in [2.45, 2.75) is 251 Å². The van der Waals surface area contributed by atoms with E-state index in [-0.39, 0.29) is 31.3 Å². The van der Waals surface area contributed by atoms with Gasteiger partial charge in [-0.15, -0.1) is 0 Å². The average Bonchev–Trinajstić information content (AvgIpc) is 3.26. The first-order chi connectivity index (χ1) is 30.5. The Labute approximate surface area is 383 Å². The molecule has 0 saturated heterocycles. The van der Waals surface area contributed by atoms with Gasteiger partial charge in [0.05, 0.1) is 25.2 Å². The molecule has 1 amide bonds. The monoisotopic (exact) mass is 864 g/mol. The first kappa shape index (κ1) is 59.0. The molecule has 0 aromatic carbocycles. The van der Waals surface area contributed by atoms with Crippen molar-refractivity contribution in [2.75, 3.05) is 6.61 Å². The topological polar surface area (TPSA) is 95.9 Å². The van der Waals surface area contributed by atoms with Gasteiger partial charge in [0.2, 0.25) is 5.91 Å². The Morgan fingerprint density at radius 1 is 0.484 bits per heavy atom. The summed E-state index contributed by atoms with van der Waals surface area (Å²) in [6, 6.07) is -0.724. The van der Waals surface area contributed by atoms with Crippen molar-refractivity contribution in [3.05, 3.63) is 85.1 Å². The Morgan fingerprint density at radius 2 is 0.871 bits per heavy atom. The molecule has 0 aliphatic heterocycles. The van der Waals surface area contributed by atoms with Crippen LogP contribution in [-0.4, -0.2) is 46.9 Å². The molecule has 0 fully saturated rings. The van der Waals surface area contributed by atoms with Gasteiger partial charge in [-0.2, -0.15) is 0 Å². The summed E-state index contributed by atoms with van der Waals surface area (Å²) >= 11 is 0. The Hall–Kier alpha value is -2.96. The number of unbranched alkanes of at least 4 members (excludes halogenated alkanes) is 19. The number of aliphatic hydroxyl groups is 2. The number of aliphatic hydroxyl groups excluding tert-OH is 2. The van der Waals surface area contributed by atoms with E-state index in [0.717, 1.165) is 103 Å². The van der Waals surface area contributed by atoms with Gasteiger partial charge in [-0.05, 0) is 83.5 Å². The van der Waals surface area contributed by atoms with Crippen molar-refractivity contribution >= 4 is 11.9 Å². The van der Waals surface area contributed by atoms with Crippen molar-refractivity contribution in [1.29, 1.82) is 0 Å². The van der Waals surface area contributed by atoms with Crippen molar-refractivity contribution < 1.29 is 24.5 Å². The number of carbonyl (C=O) groups is 2. The van der Waals surface area contributed by atoms with E-state index in [1.807, 2.05) is 6.08 Å². The predicted octanol–water partition coefficient (Wildman–Crippen LogP) is 15.6. The van der Waals surface area contributed by atoms with Crippen LogP contribution in [0.1, 0.15) is 233 Å². The van der Waals surface area contributed by atoms with E-state index in [2.05, 4.69) is 105 Å². The van der Waals surface area contributed by atoms with Crippen LogP contribution >= 0.6 is 0 Å². The largest absolute Gasteiger partial charge is 0.462 e. The second-order valence-corrected chi connectivity index (χ2v) is 17.2. The molecule has 0 rings (SSSR count). The lowest BCUT2D eigenvalue weighted by molar-refractivity contribution is -0.150. The SMILES string of the molecule is CC/C=C/C/C=C/C/C=C/C/C=C/C/C=C/CCC(=O)OC(CCCCCCC/C=C/C/C=C/CC)CC(=O)NC(CO)C(O)CCCCCCCCCCCCCCCCC. The summed E-state index contributed by atoms with van der Waals surface area (Å²) in [5.41, 5.74) is 0. The van der Waals surface area contributed by atoms with Crippen LogP contribution in [0.15, 0.2) is 85.1 Å². The zero-order chi connectivity index (χ0) is 45.2. The Kier molecular flexibility index (Phi) is 46.7. The number of allylic oxidation sites excluding steroid dienone is 14. The first-order valence-corrected chi connectivity index (χ1v) is 25.8. The van der Waals surface area contributed by atoms with Gasteiger partial charge in [-0.3, -0.25) is 9.59 Å². The Morgan fingerprint density at radius 3 is 1.32 bits per heavy atom. The molecule has 0 aromatic rings. The highest BCUT2D eigenvalue weighted by Crippen LogP contribution is 2.17. The molecule has 0 aliphatic carbocycles. The minimum absolute atomic E-state index is 0.0346. The highest BCUT2D eigenvalue weighted by atomic mass is 16.5. The number of nitrogens with one attached hydrogen (secondary N) is 1. The summed E-state index contributed by atoms with van der Waals surface area (Å²) in [6.45, 7) is 6.24. The molecule has 6 heteroatoms. The average molecular weight is 864 g/mol. The van der Waals surface area contributed by atoms with E-state index in [9.17, 15) is 19.8 Å². The molecule has 3 unspecified atom stereocenters. The summed E-state index contributed by atoms with van der Waals surface area (Å²) in [5.74, 6) is -0.591. The molecule has 3 N–H and O–H groups in total. The molecular weight excluding hydrogens is 767 g/mol. The van der Waals surface area contributed by atoms with Crippen molar-refractivity contribution in [3.63, 3.8) is 0 Å². The van der Waals surface area contributed by atoms with Crippen LogP contribution in [0.3, 0.4) is 0 Å². The van der Waals surface area contributed by atoms with E-state index in [0.29, 0.717) is 19.3 Å². The van der Waals surface area contributed by atoms with Gasteiger partial charge in [0.1, 0.15) is 6.10 Å². The molecule has 0 aliphatic rings.